The van der Waals surface area contributed by atoms with Crippen LogP contribution in [-0.4, -0.2) is 48.0 Å². The fraction of sp³-hybridized carbons (Fsp3) is 0.583. The minimum Gasteiger partial charge on any atom is -0.307 e. The summed E-state index contributed by atoms with van der Waals surface area (Å²) in [4.78, 5) is 15.6. The van der Waals surface area contributed by atoms with Gasteiger partial charge in [0.05, 0.1) is 10.4 Å². The van der Waals surface area contributed by atoms with Crippen molar-refractivity contribution in [1.82, 2.24) is 14.1 Å². The van der Waals surface area contributed by atoms with Gasteiger partial charge in [-0.05, 0) is 82.2 Å². The van der Waals surface area contributed by atoms with Crippen LogP contribution in [0.25, 0.3) is 0 Å². The number of carbonyl (C=O) groups is 1. The van der Waals surface area contributed by atoms with E-state index in [0.717, 1.165) is 42.6 Å². The number of aromatic nitrogens is 2. The van der Waals surface area contributed by atoms with Gasteiger partial charge in [0.25, 0.3) is 5.91 Å². The van der Waals surface area contributed by atoms with Gasteiger partial charge >= 0.3 is 0 Å². The molecule has 174 valence electrons. The molecule has 0 saturated carbocycles. The molecule has 8 heteroatoms. The lowest BCUT2D eigenvalue weighted by Crippen LogP contribution is -2.36. The van der Waals surface area contributed by atoms with Crippen molar-refractivity contribution >= 4 is 21.6 Å². The molecule has 3 heterocycles. The van der Waals surface area contributed by atoms with Gasteiger partial charge in [-0.25, -0.2) is 8.42 Å². The highest BCUT2D eigenvalue weighted by Crippen LogP contribution is 2.33. The normalized spacial score (nSPS) is 17.8. The fourth-order valence-electron chi connectivity index (χ4n) is 4.61. The Labute approximate surface area is 191 Å². The molecule has 0 N–H and O–H groups in total. The zero-order valence-corrected chi connectivity index (χ0v) is 20.6. The Morgan fingerprint density at radius 2 is 1.72 bits per heavy atom. The predicted molar refractivity (Wildman–Crippen MR) is 126 cm³/mol. The predicted octanol–water partition coefficient (Wildman–Crippen LogP) is 4.14. The Morgan fingerprint density at radius 3 is 2.31 bits per heavy atom. The van der Waals surface area contributed by atoms with Gasteiger partial charge in [0.2, 0.25) is 10.0 Å². The Morgan fingerprint density at radius 1 is 1.03 bits per heavy atom. The quantitative estimate of drug-likeness (QED) is 0.690. The van der Waals surface area contributed by atoms with Crippen molar-refractivity contribution in [3.05, 3.63) is 41.2 Å². The summed E-state index contributed by atoms with van der Waals surface area (Å²) in [5, 5.41) is 4.68. The number of benzene rings is 1. The number of carbonyl (C=O) groups excluding carboxylic acids is 1. The molecular formula is C24H34N4O3S. The van der Waals surface area contributed by atoms with Gasteiger partial charge in [-0.3, -0.25) is 9.48 Å². The minimum absolute atomic E-state index is 0.133. The van der Waals surface area contributed by atoms with E-state index in [1.165, 1.54) is 0 Å². The van der Waals surface area contributed by atoms with Gasteiger partial charge in [-0.2, -0.15) is 9.40 Å². The highest BCUT2D eigenvalue weighted by Gasteiger charge is 2.31. The second kappa shape index (κ2) is 8.30. The maximum absolute atomic E-state index is 13.5. The highest BCUT2D eigenvalue weighted by atomic mass is 32.2. The Balaban J connectivity index is 1.67. The third kappa shape index (κ3) is 4.10. The number of rotatable bonds is 4. The van der Waals surface area contributed by atoms with Crippen LogP contribution in [0.4, 0.5) is 5.69 Å². The molecule has 1 saturated heterocycles. The average Bonchev–Trinajstić information content (AvgIpc) is 3.42. The molecular weight excluding hydrogens is 424 g/mol. The topological polar surface area (TPSA) is 75.5 Å². The Hall–Kier alpha value is -2.19. The van der Waals surface area contributed by atoms with E-state index in [1.807, 2.05) is 10.7 Å². The van der Waals surface area contributed by atoms with E-state index in [0.29, 0.717) is 30.2 Å². The van der Waals surface area contributed by atoms with Crippen LogP contribution in [0, 0.1) is 0 Å². The lowest BCUT2D eigenvalue weighted by Gasteiger charge is -2.29. The van der Waals surface area contributed by atoms with Crippen LogP contribution >= 0.6 is 0 Å². The van der Waals surface area contributed by atoms with Gasteiger partial charge in [0.1, 0.15) is 0 Å². The smallest absolute Gasteiger partial charge is 0.278 e. The van der Waals surface area contributed by atoms with Gasteiger partial charge < -0.3 is 4.90 Å². The summed E-state index contributed by atoms with van der Waals surface area (Å²) >= 11 is 0. The SMILES string of the molecule is CC(C)c1cc(C(=O)N2CCCc3cc(S(=O)(=O)N4CCCC4)ccc32)nn1C(C)(C)C. The first kappa shape index (κ1) is 23.0. The van der Waals surface area contributed by atoms with Crippen molar-refractivity contribution in [3.63, 3.8) is 0 Å². The summed E-state index contributed by atoms with van der Waals surface area (Å²) in [5.41, 5.74) is 2.94. The number of amides is 1. The molecule has 0 spiro atoms. The summed E-state index contributed by atoms with van der Waals surface area (Å²) in [7, 11) is -3.48. The fourth-order valence-corrected chi connectivity index (χ4v) is 6.18. The van der Waals surface area contributed by atoms with E-state index in [9.17, 15) is 13.2 Å². The molecule has 2 aliphatic rings. The van der Waals surface area contributed by atoms with Crippen molar-refractivity contribution in [2.24, 2.45) is 0 Å². The van der Waals surface area contributed by atoms with E-state index in [4.69, 9.17) is 0 Å². The van der Waals surface area contributed by atoms with Crippen LogP contribution in [0.5, 0.6) is 0 Å². The van der Waals surface area contributed by atoms with Crippen LogP contribution < -0.4 is 4.90 Å². The zero-order chi connectivity index (χ0) is 23.3. The van der Waals surface area contributed by atoms with Crippen molar-refractivity contribution < 1.29 is 13.2 Å². The minimum atomic E-state index is -3.48. The molecule has 32 heavy (non-hydrogen) atoms. The molecule has 2 aromatic rings. The van der Waals surface area contributed by atoms with Crippen molar-refractivity contribution in [2.45, 2.75) is 76.7 Å². The number of hydrogen-bond acceptors (Lipinski definition) is 4. The average molecular weight is 459 g/mol. The van der Waals surface area contributed by atoms with E-state index in [1.54, 1.807) is 27.4 Å². The van der Waals surface area contributed by atoms with Crippen LogP contribution in [0.1, 0.15) is 81.5 Å². The van der Waals surface area contributed by atoms with Gasteiger partial charge in [0.15, 0.2) is 5.69 Å². The van der Waals surface area contributed by atoms with Gasteiger partial charge in [-0.1, -0.05) is 13.8 Å². The maximum Gasteiger partial charge on any atom is 0.278 e. The standard InChI is InChI=1S/C24H34N4O3S/c1-17(2)22-16-20(25-28(22)24(3,4)5)23(29)27-14-8-9-18-15-19(10-11-21(18)27)32(30,31)26-12-6-7-13-26/h10-11,15-17H,6-9,12-14H2,1-5H3. The first-order valence-corrected chi connectivity index (χ1v) is 13.0. The Bertz CT molecular complexity index is 1120. The molecule has 0 radical (unpaired) electrons. The third-order valence-corrected chi connectivity index (χ3v) is 8.20. The molecule has 0 bridgehead atoms. The number of sulfonamides is 1. The largest absolute Gasteiger partial charge is 0.307 e. The van der Waals surface area contributed by atoms with Crippen LogP contribution in [-0.2, 0) is 22.0 Å². The first-order valence-electron chi connectivity index (χ1n) is 11.6. The number of anilines is 1. The first-order chi connectivity index (χ1) is 15.0. The summed E-state index contributed by atoms with van der Waals surface area (Å²) in [6.45, 7) is 12.2. The van der Waals surface area contributed by atoms with Gasteiger partial charge in [0, 0.05) is 31.0 Å². The lowest BCUT2D eigenvalue weighted by atomic mass is 10.0. The third-order valence-electron chi connectivity index (χ3n) is 6.30. The van der Waals surface area contributed by atoms with E-state index in [2.05, 4.69) is 39.7 Å². The van der Waals surface area contributed by atoms with Gasteiger partial charge in [-0.15, -0.1) is 0 Å². The molecule has 0 aliphatic carbocycles. The lowest BCUT2D eigenvalue weighted by molar-refractivity contribution is 0.0978. The molecule has 1 aromatic carbocycles. The van der Waals surface area contributed by atoms with Crippen molar-refractivity contribution in [2.75, 3.05) is 24.5 Å². The monoisotopic (exact) mass is 458 g/mol. The summed E-state index contributed by atoms with van der Waals surface area (Å²) in [6, 6.07) is 7.10. The number of fused-ring (bicyclic) bond motifs is 1. The molecule has 1 amide bonds. The zero-order valence-electron chi connectivity index (χ0n) is 19.8. The second-order valence-corrected chi connectivity index (χ2v) is 12.1. The van der Waals surface area contributed by atoms with Crippen LogP contribution in [0.3, 0.4) is 0 Å². The number of hydrogen-bond donors (Lipinski definition) is 0. The Kier molecular flexibility index (Phi) is 5.96. The van der Waals surface area contributed by atoms with E-state index >= 15 is 0 Å². The molecule has 0 unspecified atom stereocenters. The molecule has 7 nitrogen and oxygen atoms in total. The molecule has 2 aliphatic heterocycles. The van der Waals surface area contributed by atoms with Crippen molar-refractivity contribution in [3.8, 4) is 0 Å². The molecule has 4 rings (SSSR count). The van der Waals surface area contributed by atoms with E-state index < -0.39 is 10.0 Å². The highest BCUT2D eigenvalue weighted by molar-refractivity contribution is 7.89. The molecule has 0 atom stereocenters. The maximum atomic E-state index is 13.5. The summed E-state index contributed by atoms with van der Waals surface area (Å²) < 4.78 is 29.5. The van der Waals surface area contributed by atoms with Crippen LogP contribution in [0.2, 0.25) is 0 Å². The summed E-state index contributed by atoms with van der Waals surface area (Å²) in [5.74, 6) is 0.112. The van der Waals surface area contributed by atoms with E-state index in [-0.39, 0.29) is 17.4 Å². The molecule has 1 fully saturated rings. The number of nitrogens with zero attached hydrogens (tertiary/aromatic N) is 4. The van der Waals surface area contributed by atoms with Crippen LogP contribution in [0.15, 0.2) is 29.2 Å². The second-order valence-electron chi connectivity index (χ2n) is 10.2. The van der Waals surface area contributed by atoms with Crippen molar-refractivity contribution in [1.29, 1.82) is 0 Å². The summed E-state index contributed by atoms with van der Waals surface area (Å²) in [6.07, 6.45) is 3.37. The number of aryl methyl sites for hydroxylation is 1. The molecule has 1 aromatic heterocycles.